The summed E-state index contributed by atoms with van der Waals surface area (Å²) in [5.74, 6) is 0.999. The first-order valence-electron chi connectivity index (χ1n) is 6.33. The molecule has 0 saturated carbocycles. The molecule has 0 spiro atoms. The molecular formula is C13H20N4. The molecule has 0 saturated heterocycles. The van der Waals surface area contributed by atoms with E-state index < -0.39 is 0 Å². The fourth-order valence-electron chi connectivity index (χ4n) is 2.19. The zero-order valence-corrected chi connectivity index (χ0v) is 10.2. The molecule has 0 radical (unpaired) electrons. The molecule has 4 heteroatoms. The molecule has 3 N–H and O–H groups in total. The molecule has 2 rings (SSSR count). The fourth-order valence-corrected chi connectivity index (χ4v) is 2.19. The van der Waals surface area contributed by atoms with Crippen molar-refractivity contribution in [2.45, 2.75) is 32.1 Å². The Morgan fingerprint density at radius 2 is 2.06 bits per heavy atom. The number of nitrogens with one attached hydrogen (secondary N) is 1. The Kier molecular flexibility index (Phi) is 4.50. The lowest BCUT2D eigenvalue weighted by molar-refractivity contribution is 0.709. The van der Waals surface area contributed by atoms with E-state index in [1.165, 1.54) is 30.5 Å². The largest absolute Gasteiger partial charge is 0.366 e. The lowest BCUT2D eigenvalue weighted by Gasteiger charge is -2.10. The van der Waals surface area contributed by atoms with E-state index in [2.05, 4.69) is 15.3 Å². The highest BCUT2D eigenvalue weighted by Gasteiger charge is 2.13. The van der Waals surface area contributed by atoms with Crippen molar-refractivity contribution >= 4 is 5.82 Å². The molecule has 92 valence electrons. The summed E-state index contributed by atoms with van der Waals surface area (Å²) >= 11 is 0. The molecule has 1 aromatic rings. The average molecular weight is 232 g/mol. The number of nitrogens with two attached hydrogens (primary N) is 1. The number of aryl methyl sites for hydroxylation is 1. The second-order valence-corrected chi connectivity index (χ2v) is 4.30. The molecule has 17 heavy (non-hydrogen) atoms. The van der Waals surface area contributed by atoms with Crippen LogP contribution in [-0.4, -0.2) is 23.1 Å². The summed E-state index contributed by atoms with van der Waals surface area (Å²) in [6.45, 7) is 1.37. The molecule has 1 heterocycles. The van der Waals surface area contributed by atoms with Gasteiger partial charge in [0.1, 0.15) is 12.1 Å². The second-order valence-electron chi connectivity index (χ2n) is 4.30. The SMILES string of the molecule is NC/C=C/CNc1ncnc2c1CCCCC2. The van der Waals surface area contributed by atoms with Crippen molar-refractivity contribution in [3.63, 3.8) is 0 Å². The maximum Gasteiger partial charge on any atom is 0.133 e. The van der Waals surface area contributed by atoms with Crippen molar-refractivity contribution in [2.75, 3.05) is 18.4 Å². The second kappa shape index (κ2) is 6.35. The van der Waals surface area contributed by atoms with Crippen LogP contribution in [0, 0.1) is 0 Å². The smallest absolute Gasteiger partial charge is 0.133 e. The van der Waals surface area contributed by atoms with Gasteiger partial charge in [-0.25, -0.2) is 9.97 Å². The van der Waals surface area contributed by atoms with Crippen LogP contribution in [0.1, 0.15) is 30.5 Å². The number of aromatic nitrogens is 2. The summed E-state index contributed by atoms with van der Waals surface area (Å²) in [5.41, 5.74) is 7.94. The highest BCUT2D eigenvalue weighted by Crippen LogP contribution is 2.23. The van der Waals surface area contributed by atoms with Crippen LogP contribution in [0.3, 0.4) is 0 Å². The quantitative estimate of drug-likeness (QED) is 0.612. The van der Waals surface area contributed by atoms with Gasteiger partial charge in [0.15, 0.2) is 0 Å². The molecule has 0 fully saturated rings. The van der Waals surface area contributed by atoms with E-state index in [1.54, 1.807) is 6.33 Å². The zero-order chi connectivity index (χ0) is 11.9. The normalized spacial score (nSPS) is 15.6. The maximum absolute atomic E-state index is 5.40. The number of rotatable bonds is 4. The Morgan fingerprint density at radius 3 is 2.94 bits per heavy atom. The first-order chi connectivity index (χ1) is 8.42. The Morgan fingerprint density at radius 1 is 1.18 bits per heavy atom. The molecule has 0 bridgehead atoms. The lowest BCUT2D eigenvalue weighted by atomic mass is 10.1. The van der Waals surface area contributed by atoms with Crippen LogP contribution in [0.4, 0.5) is 5.82 Å². The third-order valence-corrected chi connectivity index (χ3v) is 3.07. The van der Waals surface area contributed by atoms with Crippen LogP contribution in [-0.2, 0) is 12.8 Å². The van der Waals surface area contributed by atoms with Crippen molar-refractivity contribution < 1.29 is 0 Å². The minimum Gasteiger partial charge on any atom is -0.366 e. The van der Waals surface area contributed by atoms with E-state index in [9.17, 15) is 0 Å². The average Bonchev–Trinajstić information content (AvgIpc) is 2.60. The number of fused-ring (bicyclic) bond motifs is 1. The molecule has 0 amide bonds. The van der Waals surface area contributed by atoms with E-state index in [0.717, 1.165) is 25.2 Å². The molecule has 1 aliphatic rings. The number of anilines is 1. The summed E-state index contributed by atoms with van der Waals surface area (Å²) in [7, 11) is 0. The van der Waals surface area contributed by atoms with Crippen LogP contribution in [0.2, 0.25) is 0 Å². The Hall–Kier alpha value is -1.42. The van der Waals surface area contributed by atoms with Gasteiger partial charge in [0.2, 0.25) is 0 Å². The van der Waals surface area contributed by atoms with Crippen LogP contribution in [0.25, 0.3) is 0 Å². The van der Waals surface area contributed by atoms with Crippen molar-refractivity contribution in [3.05, 3.63) is 29.7 Å². The van der Waals surface area contributed by atoms with Gasteiger partial charge in [-0.2, -0.15) is 0 Å². The maximum atomic E-state index is 5.40. The first-order valence-corrected chi connectivity index (χ1v) is 6.33. The summed E-state index contributed by atoms with van der Waals surface area (Å²) in [4.78, 5) is 8.74. The molecule has 0 unspecified atom stereocenters. The van der Waals surface area contributed by atoms with Gasteiger partial charge in [0.25, 0.3) is 0 Å². The van der Waals surface area contributed by atoms with Gasteiger partial charge in [-0.15, -0.1) is 0 Å². The monoisotopic (exact) mass is 232 g/mol. The Balaban J connectivity index is 2.08. The topological polar surface area (TPSA) is 63.8 Å². The van der Waals surface area contributed by atoms with Gasteiger partial charge in [-0.1, -0.05) is 18.6 Å². The van der Waals surface area contributed by atoms with Gasteiger partial charge in [-0.05, 0) is 25.7 Å². The Bertz CT molecular complexity index is 387. The molecule has 0 aliphatic heterocycles. The first kappa shape index (κ1) is 12.0. The minimum absolute atomic E-state index is 0.587. The van der Waals surface area contributed by atoms with Crippen molar-refractivity contribution in [1.29, 1.82) is 0 Å². The molecule has 0 aromatic carbocycles. The van der Waals surface area contributed by atoms with E-state index in [4.69, 9.17) is 5.73 Å². The van der Waals surface area contributed by atoms with Crippen LogP contribution < -0.4 is 11.1 Å². The summed E-state index contributed by atoms with van der Waals surface area (Å²) < 4.78 is 0. The predicted molar refractivity (Wildman–Crippen MR) is 70.0 cm³/mol. The van der Waals surface area contributed by atoms with Gasteiger partial charge in [-0.3, -0.25) is 0 Å². The van der Waals surface area contributed by atoms with E-state index >= 15 is 0 Å². The van der Waals surface area contributed by atoms with Gasteiger partial charge < -0.3 is 11.1 Å². The number of hydrogen-bond donors (Lipinski definition) is 2. The summed E-state index contributed by atoms with van der Waals surface area (Å²) in [6, 6.07) is 0. The Labute approximate surface area is 102 Å². The van der Waals surface area contributed by atoms with Crippen LogP contribution in [0.15, 0.2) is 18.5 Å². The zero-order valence-electron chi connectivity index (χ0n) is 10.2. The third kappa shape index (κ3) is 3.27. The highest BCUT2D eigenvalue weighted by atomic mass is 15.0. The van der Waals surface area contributed by atoms with Gasteiger partial charge in [0.05, 0.1) is 0 Å². The highest BCUT2D eigenvalue weighted by molar-refractivity contribution is 5.46. The van der Waals surface area contributed by atoms with Crippen LogP contribution >= 0.6 is 0 Å². The van der Waals surface area contributed by atoms with E-state index in [1.807, 2.05) is 12.2 Å². The fraction of sp³-hybridized carbons (Fsp3) is 0.538. The third-order valence-electron chi connectivity index (χ3n) is 3.07. The molecule has 1 aliphatic carbocycles. The summed E-state index contributed by atoms with van der Waals surface area (Å²) in [6.07, 6.45) is 11.6. The van der Waals surface area contributed by atoms with Gasteiger partial charge >= 0.3 is 0 Å². The van der Waals surface area contributed by atoms with E-state index in [0.29, 0.717) is 6.54 Å². The predicted octanol–water partition coefficient (Wildman–Crippen LogP) is 1.67. The molecule has 1 aromatic heterocycles. The molecule has 0 atom stereocenters. The van der Waals surface area contributed by atoms with Crippen LogP contribution in [0.5, 0.6) is 0 Å². The molecular weight excluding hydrogens is 212 g/mol. The van der Waals surface area contributed by atoms with E-state index in [-0.39, 0.29) is 0 Å². The van der Waals surface area contributed by atoms with Gasteiger partial charge in [0, 0.05) is 24.3 Å². The van der Waals surface area contributed by atoms with Crippen molar-refractivity contribution in [3.8, 4) is 0 Å². The number of nitrogens with zero attached hydrogens (tertiary/aromatic N) is 2. The van der Waals surface area contributed by atoms with Crippen molar-refractivity contribution in [2.24, 2.45) is 5.73 Å². The number of hydrogen-bond acceptors (Lipinski definition) is 4. The molecule has 4 nitrogen and oxygen atoms in total. The summed E-state index contributed by atoms with van der Waals surface area (Å²) in [5, 5.41) is 3.34. The van der Waals surface area contributed by atoms with Crippen molar-refractivity contribution in [1.82, 2.24) is 9.97 Å². The minimum atomic E-state index is 0.587. The standard InChI is InChI=1S/C13H20N4/c14-8-4-5-9-15-13-11-6-2-1-3-7-12(11)16-10-17-13/h4-5,10H,1-3,6-9,14H2,(H,15,16,17)/b5-4+. The lowest BCUT2D eigenvalue weighted by Crippen LogP contribution is -2.08.